The average molecular weight is 740 g/mol. The summed E-state index contributed by atoms with van der Waals surface area (Å²) in [6.45, 7) is 5.92. The Bertz CT molecular complexity index is 2130. The second-order valence-corrected chi connectivity index (χ2v) is 15.8. The van der Waals surface area contributed by atoms with Gasteiger partial charge in [0.05, 0.1) is 41.3 Å². The number of nitrogens with one attached hydrogen (secondary N) is 2. The number of aryl methyl sites for hydroxylation is 1. The van der Waals surface area contributed by atoms with Crippen LogP contribution in [0, 0.1) is 36.5 Å². The van der Waals surface area contributed by atoms with Gasteiger partial charge < -0.3 is 24.5 Å². The Kier molecular flexibility index (Phi) is 8.94. The van der Waals surface area contributed by atoms with Crippen molar-refractivity contribution in [3.8, 4) is 11.5 Å². The molecule has 1 saturated heterocycles. The molecule has 11 nitrogen and oxygen atoms in total. The fourth-order valence-corrected chi connectivity index (χ4v) is 11.6. The number of aromatic amines is 1. The van der Waals surface area contributed by atoms with E-state index in [0.29, 0.717) is 35.0 Å². The van der Waals surface area contributed by atoms with Crippen molar-refractivity contribution in [2.24, 2.45) is 29.6 Å². The zero-order chi connectivity index (χ0) is 36.3. The van der Waals surface area contributed by atoms with Crippen LogP contribution in [0.1, 0.15) is 52.5 Å². The van der Waals surface area contributed by atoms with Crippen LogP contribution in [0.25, 0.3) is 0 Å². The molecule has 268 valence electrons. The van der Waals surface area contributed by atoms with Gasteiger partial charge >= 0.3 is 10.8 Å². The Balaban J connectivity index is 1.05. The molecule has 2 saturated carbocycles. The predicted octanol–water partition coefficient (Wildman–Crippen LogP) is 6.02. The van der Waals surface area contributed by atoms with Crippen LogP contribution < -0.4 is 24.6 Å². The number of anilines is 2. The van der Waals surface area contributed by atoms with E-state index in [-0.39, 0.29) is 64.7 Å². The van der Waals surface area contributed by atoms with Crippen molar-refractivity contribution in [3.63, 3.8) is 0 Å². The van der Waals surface area contributed by atoms with Gasteiger partial charge in [0, 0.05) is 21.7 Å². The molecule has 4 aromatic rings. The van der Waals surface area contributed by atoms with Gasteiger partial charge in [-0.25, -0.2) is 4.79 Å². The summed E-state index contributed by atoms with van der Waals surface area (Å²) in [5.74, 6) is -1.22. The number of H-pyrrole nitrogens is 1. The molecule has 3 amide bonds. The average Bonchev–Trinajstić information content (AvgIpc) is 3.87. The van der Waals surface area contributed by atoms with Crippen molar-refractivity contribution in [1.82, 2.24) is 4.98 Å². The van der Waals surface area contributed by atoms with Crippen LogP contribution in [0.3, 0.4) is 0 Å². The van der Waals surface area contributed by atoms with Gasteiger partial charge in [-0.05, 0) is 99.0 Å². The molecule has 13 heteroatoms. The first kappa shape index (κ1) is 34.2. The van der Waals surface area contributed by atoms with Gasteiger partial charge in [-0.1, -0.05) is 35.1 Å². The highest BCUT2D eigenvalue weighted by Gasteiger charge is 2.69. The zero-order valence-electron chi connectivity index (χ0n) is 28.8. The maximum absolute atomic E-state index is 14.1. The van der Waals surface area contributed by atoms with E-state index < -0.39 is 17.8 Å². The van der Waals surface area contributed by atoms with Gasteiger partial charge in [-0.15, -0.1) is 11.8 Å². The highest BCUT2D eigenvalue weighted by Crippen LogP contribution is 2.68. The van der Waals surface area contributed by atoms with Gasteiger partial charge in [0.15, 0.2) is 18.1 Å². The van der Waals surface area contributed by atoms with E-state index in [0.717, 1.165) is 27.5 Å². The Morgan fingerprint density at radius 1 is 0.885 bits per heavy atom. The van der Waals surface area contributed by atoms with Crippen LogP contribution in [-0.4, -0.2) is 53.7 Å². The number of hydrogen-bond acceptors (Lipinski definition) is 10. The summed E-state index contributed by atoms with van der Waals surface area (Å²) < 4.78 is 17.0. The van der Waals surface area contributed by atoms with Crippen molar-refractivity contribution in [3.05, 3.63) is 98.0 Å². The lowest BCUT2D eigenvalue weighted by Crippen LogP contribution is -2.42. The number of esters is 1. The summed E-state index contributed by atoms with van der Waals surface area (Å²) in [5.41, 5.74) is 3.48. The van der Waals surface area contributed by atoms with Crippen molar-refractivity contribution >= 4 is 58.2 Å². The molecule has 3 fully saturated rings. The Morgan fingerprint density at radius 2 is 1.62 bits per heavy atom. The first-order chi connectivity index (χ1) is 25.2. The summed E-state index contributed by atoms with van der Waals surface area (Å²) >= 11 is 2.84. The monoisotopic (exact) mass is 739 g/mol. The van der Waals surface area contributed by atoms with Crippen LogP contribution in [0.15, 0.2) is 76.6 Å². The predicted molar refractivity (Wildman–Crippen MR) is 196 cm³/mol. The van der Waals surface area contributed by atoms with Crippen LogP contribution in [-0.2, 0) is 19.1 Å². The number of nitrogens with zero attached hydrogens (tertiary/aromatic N) is 1. The maximum Gasteiger partial charge on any atom is 0.338 e. The molecular formula is C39H37N3O8S2. The van der Waals surface area contributed by atoms with E-state index in [4.69, 9.17) is 14.2 Å². The fraction of sp³-hybridized carbons (Fsp3) is 0.359. The standard InChI is InChI=1S/C39H37N3O8S2/c1-4-48-27-16-21(10-15-26(27)50-18-28(43)40-22-11-8-20(9-12-22)38(46)49-5-2)29-30-24-17-25(33(30)51-35-34(29)52-39(47)41-35)32-31(24)36(44)42(37(32)45)23-13-6-19(3)7-14-23/h6-16,24-25,29-33H,4-5,17-18H2,1-3H3,(H,40,43)(H,41,47)/t24?,25?,29-,30?,31?,32?,33?/m1/s1. The number of benzene rings is 3. The topological polar surface area (TPSA) is 144 Å². The number of ether oxygens (including phenoxy) is 3. The largest absolute Gasteiger partial charge is 0.490 e. The third-order valence-corrected chi connectivity index (χ3v) is 13.3. The minimum Gasteiger partial charge on any atom is -0.490 e. The molecule has 2 N–H and O–H groups in total. The van der Waals surface area contributed by atoms with Crippen molar-refractivity contribution < 1.29 is 33.4 Å². The molecule has 3 heterocycles. The minimum atomic E-state index is -0.434. The Labute approximate surface area is 308 Å². The van der Waals surface area contributed by atoms with Gasteiger partial charge in [0.1, 0.15) is 0 Å². The second-order valence-electron chi connectivity index (χ2n) is 13.6. The molecule has 2 aliphatic carbocycles. The number of thiazole rings is 1. The van der Waals surface area contributed by atoms with E-state index in [9.17, 15) is 24.0 Å². The van der Waals surface area contributed by atoms with E-state index >= 15 is 0 Å². The summed E-state index contributed by atoms with van der Waals surface area (Å²) in [5, 5.41) is 3.64. The number of rotatable bonds is 10. The van der Waals surface area contributed by atoms with E-state index in [1.807, 2.05) is 50.2 Å². The number of imide groups is 1. The third-order valence-electron chi connectivity index (χ3n) is 10.7. The zero-order valence-corrected chi connectivity index (χ0v) is 30.4. The molecule has 4 aliphatic rings. The number of fused-ring (bicyclic) bond motifs is 9. The number of amides is 3. The summed E-state index contributed by atoms with van der Waals surface area (Å²) in [4.78, 5) is 70.8. The molecule has 3 aromatic carbocycles. The minimum absolute atomic E-state index is 0.00444. The maximum atomic E-state index is 14.1. The molecule has 1 aromatic heterocycles. The van der Waals surface area contributed by atoms with Crippen molar-refractivity contribution in [1.29, 1.82) is 0 Å². The van der Waals surface area contributed by atoms with Gasteiger partial charge in [-0.2, -0.15) is 0 Å². The number of aromatic nitrogens is 1. The normalized spacial score (nSPS) is 25.4. The van der Waals surface area contributed by atoms with Gasteiger partial charge in [0.2, 0.25) is 11.8 Å². The fourth-order valence-electron chi connectivity index (χ4n) is 8.69. The molecule has 2 aliphatic heterocycles. The quantitative estimate of drug-likeness (QED) is 0.148. The van der Waals surface area contributed by atoms with Crippen LogP contribution in [0.4, 0.5) is 11.4 Å². The molecule has 0 radical (unpaired) electrons. The highest BCUT2D eigenvalue weighted by molar-refractivity contribution is 8.00. The summed E-state index contributed by atoms with van der Waals surface area (Å²) in [6, 6.07) is 19.6. The molecule has 2 bridgehead atoms. The van der Waals surface area contributed by atoms with Gasteiger partial charge in [-0.3, -0.25) is 24.1 Å². The lowest BCUT2D eigenvalue weighted by atomic mass is 9.68. The molecule has 0 spiro atoms. The lowest BCUT2D eigenvalue weighted by molar-refractivity contribution is -0.123. The first-order valence-corrected chi connectivity index (χ1v) is 19.2. The molecule has 6 unspecified atom stereocenters. The Hall–Kier alpha value is -4.88. The number of thioether (sulfide) groups is 1. The van der Waals surface area contributed by atoms with Crippen LogP contribution in [0.5, 0.6) is 11.5 Å². The molecular weight excluding hydrogens is 703 g/mol. The highest BCUT2D eigenvalue weighted by atomic mass is 32.2. The number of carbonyl (C=O) groups excluding carboxylic acids is 4. The molecule has 52 heavy (non-hydrogen) atoms. The second kappa shape index (κ2) is 13.6. The van der Waals surface area contributed by atoms with Crippen molar-refractivity contribution in [2.75, 3.05) is 30.0 Å². The van der Waals surface area contributed by atoms with E-state index in [2.05, 4.69) is 10.3 Å². The smallest absolute Gasteiger partial charge is 0.338 e. The SMILES string of the molecule is CCOC(=O)c1ccc(NC(=O)COc2ccc([C@H]3c4sc(=O)[nH]c4SC4C5CC(C6C(=O)N(c7ccc(C)cc7)C(=O)C56)C43)cc2OCC)cc1. The summed E-state index contributed by atoms with van der Waals surface area (Å²) in [6.07, 6.45) is 0.784. The summed E-state index contributed by atoms with van der Waals surface area (Å²) in [7, 11) is 0. The molecule has 7 atom stereocenters. The first-order valence-electron chi connectivity index (χ1n) is 17.5. The third kappa shape index (κ3) is 5.79. The van der Waals surface area contributed by atoms with Crippen molar-refractivity contribution in [2.45, 2.75) is 43.4 Å². The lowest BCUT2D eigenvalue weighted by Gasteiger charge is -2.43. The van der Waals surface area contributed by atoms with Crippen LogP contribution >= 0.6 is 23.1 Å². The van der Waals surface area contributed by atoms with E-state index in [1.54, 1.807) is 49.0 Å². The van der Waals surface area contributed by atoms with Crippen LogP contribution in [0.2, 0.25) is 0 Å². The number of carbonyl (C=O) groups is 4. The van der Waals surface area contributed by atoms with Gasteiger partial charge in [0.25, 0.3) is 5.91 Å². The van der Waals surface area contributed by atoms with E-state index in [1.165, 1.54) is 16.2 Å². The Morgan fingerprint density at radius 3 is 2.33 bits per heavy atom. The molecule has 8 rings (SSSR count). The number of hydrogen-bond donors (Lipinski definition) is 2.